The molecule has 3 rings (SSSR count). The maximum atomic E-state index is 11.3. The Balaban J connectivity index is 1.92. The Morgan fingerprint density at radius 3 is 2.79 bits per heavy atom. The van der Waals surface area contributed by atoms with Crippen molar-refractivity contribution in [3.8, 4) is 5.75 Å². The van der Waals surface area contributed by atoms with E-state index in [0.717, 1.165) is 28.8 Å². The maximum Gasteiger partial charge on any atom is 0.338 e. The van der Waals surface area contributed by atoms with Crippen LogP contribution in [0.4, 0.5) is 0 Å². The molecule has 124 valence electrons. The molecule has 0 unspecified atom stereocenters. The number of hydrogen-bond acceptors (Lipinski definition) is 4. The number of fused-ring (bicyclic) bond motifs is 1. The zero-order valence-electron chi connectivity index (χ0n) is 12.7. The first kappa shape index (κ1) is 17.0. The van der Waals surface area contributed by atoms with Gasteiger partial charge in [-0.25, -0.2) is 4.79 Å². The van der Waals surface area contributed by atoms with Crippen molar-refractivity contribution in [3.05, 3.63) is 57.2 Å². The van der Waals surface area contributed by atoms with Crippen molar-refractivity contribution in [3.63, 3.8) is 0 Å². The van der Waals surface area contributed by atoms with Crippen LogP contribution >= 0.6 is 34.7 Å². The summed E-state index contributed by atoms with van der Waals surface area (Å²) in [7, 11) is 1.64. The van der Waals surface area contributed by atoms with Crippen LogP contribution in [0.3, 0.4) is 0 Å². The minimum atomic E-state index is -1.14. The summed E-state index contributed by atoms with van der Waals surface area (Å²) in [5, 5.41) is 10.3. The average molecular weight is 382 g/mol. The molecule has 0 saturated carbocycles. The summed E-state index contributed by atoms with van der Waals surface area (Å²) in [5.41, 5.74) is 1.92. The summed E-state index contributed by atoms with van der Waals surface area (Å²) in [6.07, 6.45) is 1.48. The Morgan fingerprint density at radius 2 is 2.08 bits per heavy atom. The number of halogens is 2. The Morgan fingerprint density at radius 1 is 1.29 bits per heavy atom. The van der Waals surface area contributed by atoms with E-state index in [1.165, 1.54) is 11.5 Å². The highest BCUT2D eigenvalue weighted by molar-refractivity contribution is 7.14. The summed E-state index contributed by atoms with van der Waals surface area (Å²) < 4.78 is 10.3. The van der Waals surface area contributed by atoms with Gasteiger partial charge in [-0.1, -0.05) is 35.3 Å². The third kappa shape index (κ3) is 3.20. The average Bonchev–Trinajstić information content (AvgIpc) is 2.96. The predicted octanol–water partition coefficient (Wildman–Crippen LogP) is 5.10. The zero-order valence-corrected chi connectivity index (χ0v) is 15.0. The van der Waals surface area contributed by atoms with E-state index < -0.39 is 5.97 Å². The highest BCUT2D eigenvalue weighted by Gasteiger charge is 2.20. The van der Waals surface area contributed by atoms with E-state index in [4.69, 9.17) is 27.9 Å². The summed E-state index contributed by atoms with van der Waals surface area (Å²) in [6, 6.07) is 9.49. The van der Waals surface area contributed by atoms with Gasteiger partial charge in [-0.3, -0.25) is 0 Å². The van der Waals surface area contributed by atoms with Crippen LogP contribution in [0.2, 0.25) is 10.0 Å². The quantitative estimate of drug-likeness (QED) is 0.667. The lowest BCUT2D eigenvalue weighted by Crippen LogP contribution is -1.99. The van der Waals surface area contributed by atoms with Crippen LogP contribution in [0.1, 0.15) is 21.6 Å². The van der Waals surface area contributed by atoms with Gasteiger partial charge in [0.05, 0.1) is 33.1 Å². The van der Waals surface area contributed by atoms with E-state index in [0.29, 0.717) is 11.1 Å². The molecular weight excluding hydrogens is 369 g/mol. The largest absolute Gasteiger partial charge is 0.497 e. The highest BCUT2D eigenvalue weighted by Crippen LogP contribution is 2.37. The lowest BCUT2D eigenvalue weighted by Gasteiger charge is -2.05. The van der Waals surface area contributed by atoms with Crippen molar-refractivity contribution in [2.24, 2.45) is 0 Å². The molecule has 0 aliphatic rings. The molecule has 3 aromatic rings. The van der Waals surface area contributed by atoms with Gasteiger partial charge in [0, 0.05) is 5.39 Å². The van der Waals surface area contributed by atoms with Crippen LogP contribution in [0.25, 0.3) is 10.1 Å². The van der Waals surface area contributed by atoms with Crippen LogP contribution in [0.15, 0.2) is 30.3 Å². The number of benzene rings is 2. The van der Waals surface area contributed by atoms with Crippen LogP contribution in [0.5, 0.6) is 5.75 Å². The highest BCUT2D eigenvalue weighted by atomic mass is 35.5. The number of ether oxygens (including phenoxy) is 1. The molecule has 0 spiro atoms. The summed E-state index contributed by atoms with van der Waals surface area (Å²) >= 11 is 13.5. The lowest BCUT2D eigenvalue weighted by atomic mass is 10.0. The van der Waals surface area contributed by atoms with E-state index in [-0.39, 0.29) is 15.6 Å². The molecule has 1 N–H and O–H groups in total. The molecule has 0 saturated heterocycles. The van der Waals surface area contributed by atoms with E-state index in [2.05, 4.69) is 4.37 Å². The van der Waals surface area contributed by atoms with Gasteiger partial charge in [0.1, 0.15) is 5.75 Å². The van der Waals surface area contributed by atoms with Gasteiger partial charge in [-0.2, -0.15) is 4.37 Å². The number of aromatic nitrogens is 1. The molecule has 24 heavy (non-hydrogen) atoms. The van der Waals surface area contributed by atoms with Gasteiger partial charge in [0.2, 0.25) is 0 Å². The first-order valence-corrected chi connectivity index (χ1v) is 8.66. The molecule has 0 atom stereocenters. The first-order chi connectivity index (χ1) is 11.5. The molecule has 0 aliphatic carbocycles. The van der Waals surface area contributed by atoms with Crippen molar-refractivity contribution in [2.45, 2.75) is 12.8 Å². The number of carboxylic acids is 1. The minimum Gasteiger partial charge on any atom is -0.497 e. The second kappa shape index (κ2) is 6.97. The molecule has 7 heteroatoms. The standard InChI is InChI=1S/C17H13Cl2NO3S/c1-23-10-4-2-3-9(7-10)5-6-13-11-8-12(18)14(17(21)22)15(19)16(11)24-20-13/h2-4,7-8H,5-6H2,1H3,(H,21,22). The van der Waals surface area contributed by atoms with Crippen molar-refractivity contribution >= 4 is 50.8 Å². The van der Waals surface area contributed by atoms with Crippen molar-refractivity contribution in [1.82, 2.24) is 4.37 Å². The number of aromatic carboxylic acids is 1. The van der Waals surface area contributed by atoms with E-state index in [1.807, 2.05) is 24.3 Å². The van der Waals surface area contributed by atoms with Gasteiger partial charge in [0.25, 0.3) is 0 Å². The third-order valence-electron chi connectivity index (χ3n) is 3.73. The second-order valence-electron chi connectivity index (χ2n) is 5.21. The van der Waals surface area contributed by atoms with Gasteiger partial charge in [0.15, 0.2) is 0 Å². The number of carbonyl (C=O) groups is 1. The maximum absolute atomic E-state index is 11.3. The number of nitrogens with zero attached hydrogens (tertiary/aromatic N) is 1. The number of methoxy groups -OCH3 is 1. The Bertz CT molecular complexity index is 924. The molecule has 1 aromatic heterocycles. The molecule has 4 nitrogen and oxygen atoms in total. The molecule has 0 aliphatic heterocycles. The van der Waals surface area contributed by atoms with E-state index in [1.54, 1.807) is 13.2 Å². The topological polar surface area (TPSA) is 59.4 Å². The fraction of sp³-hybridized carbons (Fsp3) is 0.176. The Hall–Kier alpha value is -1.82. The molecular formula is C17H13Cl2NO3S. The summed E-state index contributed by atoms with van der Waals surface area (Å²) in [4.78, 5) is 11.3. The van der Waals surface area contributed by atoms with Crippen LogP contribution in [0, 0.1) is 0 Å². The van der Waals surface area contributed by atoms with Crippen LogP contribution < -0.4 is 4.74 Å². The van der Waals surface area contributed by atoms with Crippen LogP contribution in [-0.4, -0.2) is 22.6 Å². The summed E-state index contributed by atoms with van der Waals surface area (Å²) in [6.45, 7) is 0. The SMILES string of the molecule is COc1cccc(CCc2nsc3c(Cl)c(C(=O)O)c(Cl)cc23)c1. The van der Waals surface area contributed by atoms with E-state index in [9.17, 15) is 9.90 Å². The zero-order chi connectivity index (χ0) is 17.3. The van der Waals surface area contributed by atoms with Crippen molar-refractivity contribution < 1.29 is 14.6 Å². The number of hydrogen-bond donors (Lipinski definition) is 1. The monoisotopic (exact) mass is 381 g/mol. The first-order valence-electron chi connectivity index (χ1n) is 7.13. The van der Waals surface area contributed by atoms with Crippen LogP contribution in [-0.2, 0) is 12.8 Å². The molecule has 2 aromatic carbocycles. The predicted molar refractivity (Wildman–Crippen MR) is 97.0 cm³/mol. The normalized spacial score (nSPS) is 11.0. The van der Waals surface area contributed by atoms with Gasteiger partial charge in [-0.05, 0) is 48.1 Å². The Labute approximate surface area is 152 Å². The molecule has 0 radical (unpaired) electrons. The second-order valence-corrected chi connectivity index (χ2v) is 6.77. The molecule has 0 bridgehead atoms. The minimum absolute atomic E-state index is 0.0752. The molecule has 0 amide bonds. The fourth-order valence-corrected chi connectivity index (χ4v) is 4.09. The van der Waals surface area contributed by atoms with Gasteiger partial charge >= 0.3 is 5.97 Å². The number of aryl methyl sites for hydroxylation is 2. The van der Waals surface area contributed by atoms with Crippen molar-refractivity contribution in [1.29, 1.82) is 0 Å². The lowest BCUT2D eigenvalue weighted by molar-refractivity contribution is 0.0697. The van der Waals surface area contributed by atoms with Gasteiger partial charge < -0.3 is 9.84 Å². The fourth-order valence-electron chi connectivity index (χ4n) is 2.52. The summed E-state index contributed by atoms with van der Waals surface area (Å²) in [5.74, 6) is -0.328. The number of carboxylic acid groups (broad SMARTS) is 1. The number of rotatable bonds is 5. The van der Waals surface area contributed by atoms with E-state index >= 15 is 0 Å². The third-order valence-corrected chi connectivity index (χ3v) is 5.44. The smallest absolute Gasteiger partial charge is 0.338 e. The Kier molecular flexibility index (Phi) is 4.94. The molecule has 1 heterocycles. The van der Waals surface area contributed by atoms with Gasteiger partial charge in [-0.15, -0.1) is 0 Å². The van der Waals surface area contributed by atoms with Crippen molar-refractivity contribution in [2.75, 3.05) is 7.11 Å². The molecule has 0 fully saturated rings.